The normalized spacial score (nSPS) is 12.9. The van der Waals surface area contributed by atoms with Gasteiger partial charge in [-0.1, -0.05) is 0 Å². The van der Waals surface area contributed by atoms with Crippen LogP contribution in [0.2, 0.25) is 0 Å². The topological polar surface area (TPSA) is 25.2 Å². The average molecular weight is 221 g/mol. The molecule has 15 heavy (non-hydrogen) atoms. The van der Waals surface area contributed by atoms with Crippen LogP contribution in [-0.4, -0.2) is 0 Å². The van der Waals surface area contributed by atoms with E-state index in [1.165, 1.54) is 10.4 Å². The zero-order chi connectivity index (χ0) is 10.7. The molecule has 0 saturated carbocycles. The molecule has 2 aromatic rings. The molecule has 1 N–H and O–H groups in total. The molecule has 2 rings (SSSR count). The zero-order valence-corrected chi connectivity index (χ0v) is 9.80. The van der Waals surface area contributed by atoms with Gasteiger partial charge in [0.1, 0.15) is 5.76 Å². The quantitative estimate of drug-likeness (QED) is 0.854. The van der Waals surface area contributed by atoms with E-state index in [-0.39, 0.29) is 6.04 Å². The maximum atomic E-state index is 5.34. The van der Waals surface area contributed by atoms with Gasteiger partial charge in [-0.05, 0) is 43.0 Å². The maximum Gasteiger partial charge on any atom is 0.120 e. The highest BCUT2D eigenvalue weighted by molar-refractivity contribution is 7.10. The Morgan fingerprint density at radius 2 is 2.33 bits per heavy atom. The molecule has 1 unspecified atom stereocenters. The molecule has 0 spiro atoms. The van der Waals surface area contributed by atoms with E-state index >= 15 is 0 Å². The minimum Gasteiger partial charge on any atom is -0.468 e. The summed E-state index contributed by atoms with van der Waals surface area (Å²) < 4.78 is 5.34. The fourth-order valence-electron chi connectivity index (χ4n) is 1.47. The highest BCUT2D eigenvalue weighted by Gasteiger charge is 2.08. The second-order valence-electron chi connectivity index (χ2n) is 3.64. The molecular weight excluding hydrogens is 206 g/mol. The lowest BCUT2D eigenvalue weighted by Gasteiger charge is -2.10. The average Bonchev–Trinajstić information content (AvgIpc) is 2.85. The van der Waals surface area contributed by atoms with Crippen LogP contribution in [0.4, 0.5) is 0 Å². The number of furan rings is 1. The van der Waals surface area contributed by atoms with Crippen molar-refractivity contribution in [3.63, 3.8) is 0 Å². The van der Waals surface area contributed by atoms with Gasteiger partial charge >= 0.3 is 0 Å². The first-order chi connectivity index (χ1) is 7.27. The van der Waals surface area contributed by atoms with Crippen LogP contribution in [0.1, 0.15) is 29.2 Å². The van der Waals surface area contributed by atoms with Gasteiger partial charge in [0.15, 0.2) is 0 Å². The van der Waals surface area contributed by atoms with Crippen LogP contribution in [0.5, 0.6) is 0 Å². The van der Waals surface area contributed by atoms with Crippen molar-refractivity contribution in [3.05, 3.63) is 46.0 Å². The van der Waals surface area contributed by atoms with Gasteiger partial charge < -0.3 is 9.73 Å². The van der Waals surface area contributed by atoms with Gasteiger partial charge in [-0.25, -0.2) is 0 Å². The minimum absolute atomic E-state index is 0.265. The number of thiophene rings is 1. The lowest BCUT2D eigenvalue weighted by molar-refractivity contribution is 0.431. The van der Waals surface area contributed by atoms with Crippen molar-refractivity contribution in [1.29, 1.82) is 0 Å². The highest BCUT2D eigenvalue weighted by Crippen LogP contribution is 2.18. The Morgan fingerprint density at radius 1 is 1.47 bits per heavy atom. The number of nitrogens with one attached hydrogen (secondary N) is 1. The highest BCUT2D eigenvalue weighted by atomic mass is 32.1. The number of hydrogen-bond donors (Lipinski definition) is 1. The van der Waals surface area contributed by atoms with Crippen molar-refractivity contribution in [2.75, 3.05) is 0 Å². The standard InChI is InChI=1S/C12H15NOS/c1-9-5-7-15-12(9)8-13-10(2)11-4-3-6-14-11/h3-7,10,13H,8H2,1-2H3. The summed E-state index contributed by atoms with van der Waals surface area (Å²) in [6.07, 6.45) is 1.71. The summed E-state index contributed by atoms with van der Waals surface area (Å²) in [5.41, 5.74) is 1.36. The number of hydrogen-bond acceptors (Lipinski definition) is 3. The van der Waals surface area contributed by atoms with E-state index in [4.69, 9.17) is 4.42 Å². The molecule has 0 aliphatic carbocycles. The fraction of sp³-hybridized carbons (Fsp3) is 0.333. The molecule has 0 aromatic carbocycles. The molecule has 0 bridgehead atoms. The Balaban J connectivity index is 1.91. The molecule has 0 aliphatic heterocycles. The van der Waals surface area contributed by atoms with Gasteiger partial charge in [-0.3, -0.25) is 0 Å². The van der Waals surface area contributed by atoms with Gasteiger partial charge in [0.25, 0.3) is 0 Å². The Kier molecular flexibility index (Phi) is 3.23. The van der Waals surface area contributed by atoms with Gasteiger partial charge in [0.05, 0.1) is 12.3 Å². The first kappa shape index (κ1) is 10.5. The van der Waals surface area contributed by atoms with Gasteiger partial charge in [0.2, 0.25) is 0 Å². The second kappa shape index (κ2) is 4.64. The summed E-state index contributed by atoms with van der Waals surface area (Å²) in [5.74, 6) is 0.990. The van der Waals surface area contributed by atoms with Gasteiger partial charge in [0, 0.05) is 11.4 Å². The summed E-state index contributed by atoms with van der Waals surface area (Å²) in [5, 5.41) is 5.57. The molecule has 80 valence electrons. The van der Waals surface area contributed by atoms with Crippen LogP contribution in [0, 0.1) is 6.92 Å². The number of rotatable bonds is 4. The van der Waals surface area contributed by atoms with Crippen molar-refractivity contribution < 1.29 is 4.42 Å². The van der Waals surface area contributed by atoms with Gasteiger partial charge in [-0.2, -0.15) is 0 Å². The molecule has 2 aromatic heterocycles. The van der Waals surface area contributed by atoms with Crippen molar-refractivity contribution in [2.24, 2.45) is 0 Å². The maximum absolute atomic E-state index is 5.34. The predicted octanol–water partition coefficient (Wildman–Crippen LogP) is 3.50. The molecule has 0 radical (unpaired) electrons. The lowest BCUT2D eigenvalue weighted by Crippen LogP contribution is -2.17. The SMILES string of the molecule is Cc1ccsc1CNC(C)c1ccco1. The third-order valence-electron chi connectivity index (χ3n) is 2.51. The molecular formula is C12H15NOS. The monoisotopic (exact) mass is 221 g/mol. The zero-order valence-electron chi connectivity index (χ0n) is 8.99. The van der Waals surface area contributed by atoms with Crippen molar-refractivity contribution in [2.45, 2.75) is 26.4 Å². The molecule has 0 amide bonds. The molecule has 3 heteroatoms. The summed E-state index contributed by atoms with van der Waals surface area (Å²) in [6.45, 7) is 5.16. The molecule has 2 heterocycles. The summed E-state index contributed by atoms with van der Waals surface area (Å²) >= 11 is 1.80. The molecule has 1 atom stereocenters. The van der Waals surface area contributed by atoms with Gasteiger partial charge in [-0.15, -0.1) is 11.3 Å². The Hall–Kier alpha value is -1.06. The summed E-state index contributed by atoms with van der Waals surface area (Å²) in [7, 11) is 0. The second-order valence-corrected chi connectivity index (χ2v) is 4.65. The number of aryl methyl sites for hydroxylation is 1. The van der Waals surface area contributed by atoms with E-state index in [9.17, 15) is 0 Å². The van der Waals surface area contributed by atoms with Crippen molar-refractivity contribution in [1.82, 2.24) is 5.32 Å². The molecule has 2 nitrogen and oxygen atoms in total. The third kappa shape index (κ3) is 2.49. The van der Waals surface area contributed by atoms with Crippen molar-refractivity contribution >= 4 is 11.3 Å². The summed E-state index contributed by atoms with van der Waals surface area (Å²) in [4.78, 5) is 1.40. The molecule has 0 aliphatic rings. The fourth-order valence-corrected chi connectivity index (χ4v) is 2.33. The Morgan fingerprint density at radius 3 is 2.93 bits per heavy atom. The largest absolute Gasteiger partial charge is 0.468 e. The van der Waals surface area contributed by atoms with E-state index in [1.807, 2.05) is 12.1 Å². The van der Waals surface area contributed by atoms with E-state index in [0.29, 0.717) is 0 Å². The lowest BCUT2D eigenvalue weighted by atomic mass is 10.2. The van der Waals surface area contributed by atoms with Crippen molar-refractivity contribution in [3.8, 4) is 0 Å². The van der Waals surface area contributed by atoms with Crippen LogP contribution in [0.25, 0.3) is 0 Å². The predicted molar refractivity (Wildman–Crippen MR) is 63.0 cm³/mol. The summed E-state index contributed by atoms with van der Waals surface area (Å²) in [6, 6.07) is 6.34. The van der Waals surface area contributed by atoms with Crippen LogP contribution >= 0.6 is 11.3 Å². The Bertz CT molecular complexity index is 405. The smallest absolute Gasteiger partial charge is 0.120 e. The van der Waals surface area contributed by atoms with E-state index in [1.54, 1.807) is 17.6 Å². The molecule has 0 fully saturated rings. The first-order valence-electron chi connectivity index (χ1n) is 5.07. The van der Waals surface area contributed by atoms with E-state index in [2.05, 4.69) is 30.6 Å². The minimum atomic E-state index is 0.265. The Labute approximate surface area is 93.9 Å². The first-order valence-corrected chi connectivity index (χ1v) is 5.95. The van der Waals surface area contributed by atoms with Crippen LogP contribution in [0.3, 0.4) is 0 Å². The van der Waals surface area contributed by atoms with E-state index in [0.717, 1.165) is 12.3 Å². The van der Waals surface area contributed by atoms with Crippen LogP contribution < -0.4 is 5.32 Å². The third-order valence-corrected chi connectivity index (χ3v) is 3.53. The van der Waals surface area contributed by atoms with Crippen LogP contribution in [0.15, 0.2) is 34.3 Å². The van der Waals surface area contributed by atoms with E-state index < -0.39 is 0 Å². The molecule has 0 saturated heterocycles. The van der Waals surface area contributed by atoms with Crippen LogP contribution in [-0.2, 0) is 6.54 Å².